The summed E-state index contributed by atoms with van der Waals surface area (Å²) in [7, 11) is 1.59. The van der Waals surface area contributed by atoms with Crippen molar-refractivity contribution in [3.05, 3.63) is 48.2 Å². The number of hydrogen-bond donors (Lipinski definition) is 2. The summed E-state index contributed by atoms with van der Waals surface area (Å²) in [6.07, 6.45) is 7.39. The predicted molar refractivity (Wildman–Crippen MR) is 125 cm³/mol. The van der Waals surface area contributed by atoms with E-state index in [1.165, 1.54) is 6.08 Å². The lowest BCUT2D eigenvalue weighted by Gasteiger charge is -2.32. The van der Waals surface area contributed by atoms with Crippen LogP contribution in [0.15, 0.2) is 42.6 Å². The van der Waals surface area contributed by atoms with Crippen LogP contribution in [0.2, 0.25) is 0 Å². The van der Waals surface area contributed by atoms with Crippen molar-refractivity contribution in [2.24, 2.45) is 11.7 Å². The SMILES string of the molecule is CCCOc1ccc(/C=C/C(=O)Nc2ccc(N3CCCC(C(N)=O)C3)nc2)cc1OC. The summed E-state index contributed by atoms with van der Waals surface area (Å²) in [6, 6.07) is 9.15. The van der Waals surface area contributed by atoms with Crippen LogP contribution < -0.4 is 25.4 Å². The van der Waals surface area contributed by atoms with Gasteiger partial charge in [0, 0.05) is 19.2 Å². The summed E-state index contributed by atoms with van der Waals surface area (Å²) in [6.45, 7) is 4.06. The molecule has 32 heavy (non-hydrogen) atoms. The molecule has 1 aromatic carbocycles. The summed E-state index contributed by atoms with van der Waals surface area (Å²) in [5.41, 5.74) is 6.86. The minimum atomic E-state index is -0.272. The van der Waals surface area contributed by atoms with Gasteiger partial charge in [-0.2, -0.15) is 0 Å². The van der Waals surface area contributed by atoms with Crippen LogP contribution in [-0.4, -0.2) is 43.6 Å². The Balaban J connectivity index is 1.58. The second-order valence-corrected chi connectivity index (χ2v) is 7.67. The highest BCUT2D eigenvalue weighted by Crippen LogP contribution is 2.28. The van der Waals surface area contributed by atoms with Gasteiger partial charge in [-0.25, -0.2) is 4.98 Å². The Morgan fingerprint density at radius 3 is 2.81 bits per heavy atom. The number of methoxy groups -OCH3 is 1. The molecule has 1 aromatic heterocycles. The van der Waals surface area contributed by atoms with Crippen molar-refractivity contribution in [2.45, 2.75) is 26.2 Å². The normalized spacial score (nSPS) is 16.1. The Morgan fingerprint density at radius 1 is 1.28 bits per heavy atom. The predicted octanol–water partition coefficient (Wildman–Crippen LogP) is 3.23. The molecule has 1 aliphatic heterocycles. The molecule has 0 bridgehead atoms. The Hall–Kier alpha value is -3.55. The van der Waals surface area contributed by atoms with Crippen LogP contribution in [0.25, 0.3) is 6.08 Å². The number of hydrogen-bond acceptors (Lipinski definition) is 6. The van der Waals surface area contributed by atoms with E-state index < -0.39 is 0 Å². The molecule has 3 rings (SSSR count). The number of carbonyl (C=O) groups is 2. The number of nitrogens with one attached hydrogen (secondary N) is 1. The smallest absolute Gasteiger partial charge is 0.248 e. The largest absolute Gasteiger partial charge is 0.493 e. The molecule has 1 saturated heterocycles. The van der Waals surface area contributed by atoms with Crippen LogP contribution in [0.5, 0.6) is 11.5 Å². The molecule has 0 radical (unpaired) electrons. The van der Waals surface area contributed by atoms with E-state index in [9.17, 15) is 9.59 Å². The molecule has 0 saturated carbocycles. The average Bonchev–Trinajstić information content (AvgIpc) is 2.82. The van der Waals surface area contributed by atoms with Crippen LogP contribution in [0.4, 0.5) is 11.5 Å². The summed E-state index contributed by atoms with van der Waals surface area (Å²) in [5, 5.41) is 2.80. The van der Waals surface area contributed by atoms with Crippen molar-refractivity contribution in [1.82, 2.24) is 4.98 Å². The second kappa shape index (κ2) is 11.2. The van der Waals surface area contributed by atoms with Crippen LogP contribution in [0, 0.1) is 5.92 Å². The fourth-order valence-electron chi connectivity index (χ4n) is 3.54. The van der Waals surface area contributed by atoms with Crippen molar-refractivity contribution in [3.8, 4) is 11.5 Å². The Morgan fingerprint density at radius 2 is 2.12 bits per heavy atom. The standard InChI is InChI=1S/C24H30N4O4/c1-3-13-32-20-9-6-17(14-21(20)31-2)7-11-23(29)27-19-8-10-22(26-15-19)28-12-4-5-18(16-28)24(25)30/h6-11,14-15,18H,3-5,12-13,16H2,1-2H3,(H2,25,30)(H,27,29)/b11-7+. The summed E-state index contributed by atoms with van der Waals surface area (Å²) in [4.78, 5) is 30.3. The number of pyridine rings is 1. The van der Waals surface area contributed by atoms with Gasteiger partial charge in [0.1, 0.15) is 5.82 Å². The van der Waals surface area contributed by atoms with Gasteiger partial charge in [0.05, 0.1) is 31.5 Å². The zero-order valence-electron chi connectivity index (χ0n) is 18.5. The second-order valence-electron chi connectivity index (χ2n) is 7.67. The van der Waals surface area contributed by atoms with Gasteiger partial charge in [-0.15, -0.1) is 0 Å². The molecule has 1 atom stereocenters. The maximum atomic E-state index is 12.3. The van der Waals surface area contributed by atoms with Crippen molar-refractivity contribution in [1.29, 1.82) is 0 Å². The van der Waals surface area contributed by atoms with E-state index in [-0.39, 0.29) is 17.7 Å². The van der Waals surface area contributed by atoms with Gasteiger partial charge < -0.3 is 25.4 Å². The zero-order chi connectivity index (χ0) is 22.9. The van der Waals surface area contributed by atoms with E-state index >= 15 is 0 Å². The number of benzene rings is 1. The number of piperidine rings is 1. The molecule has 1 aliphatic rings. The van der Waals surface area contributed by atoms with Crippen molar-refractivity contribution < 1.29 is 19.1 Å². The summed E-state index contributed by atoms with van der Waals surface area (Å²) in [5.74, 6) is 1.38. The monoisotopic (exact) mass is 438 g/mol. The van der Waals surface area contributed by atoms with E-state index in [0.717, 1.165) is 37.2 Å². The van der Waals surface area contributed by atoms with Gasteiger partial charge in [0.2, 0.25) is 11.8 Å². The van der Waals surface area contributed by atoms with Crippen LogP contribution in [-0.2, 0) is 9.59 Å². The fourth-order valence-corrected chi connectivity index (χ4v) is 3.54. The van der Waals surface area contributed by atoms with E-state index in [1.807, 2.05) is 36.1 Å². The molecule has 8 nitrogen and oxygen atoms in total. The van der Waals surface area contributed by atoms with Gasteiger partial charge in [0.25, 0.3) is 0 Å². The maximum absolute atomic E-state index is 12.3. The molecule has 2 aromatic rings. The van der Waals surface area contributed by atoms with Gasteiger partial charge in [-0.3, -0.25) is 9.59 Å². The van der Waals surface area contributed by atoms with Crippen LogP contribution in [0.1, 0.15) is 31.7 Å². The number of nitrogens with two attached hydrogens (primary N) is 1. The first-order valence-electron chi connectivity index (χ1n) is 10.8. The van der Waals surface area contributed by atoms with Gasteiger partial charge >= 0.3 is 0 Å². The molecule has 2 amide bonds. The average molecular weight is 439 g/mol. The molecule has 2 heterocycles. The van der Waals surface area contributed by atoms with E-state index in [4.69, 9.17) is 15.2 Å². The van der Waals surface area contributed by atoms with Crippen molar-refractivity contribution >= 4 is 29.4 Å². The lowest BCUT2D eigenvalue weighted by atomic mass is 9.97. The number of anilines is 2. The molecule has 170 valence electrons. The van der Waals surface area contributed by atoms with Gasteiger partial charge in [-0.1, -0.05) is 13.0 Å². The number of ether oxygens (including phenoxy) is 2. The number of aromatic nitrogens is 1. The number of amides is 2. The quantitative estimate of drug-likeness (QED) is 0.582. The fraction of sp³-hybridized carbons (Fsp3) is 0.375. The zero-order valence-corrected chi connectivity index (χ0v) is 18.5. The molecule has 8 heteroatoms. The molecular formula is C24H30N4O4. The highest BCUT2D eigenvalue weighted by Gasteiger charge is 2.24. The van der Waals surface area contributed by atoms with Crippen molar-refractivity contribution in [2.75, 3.05) is 37.0 Å². The first-order chi connectivity index (χ1) is 15.5. The minimum absolute atomic E-state index is 0.152. The number of nitrogens with zero attached hydrogens (tertiary/aromatic N) is 2. The lowest BCUT2D eigenvalue weighted by molar-refractivity contribution is -0.122. The first kappa shape index (κ1) is 23.1. The number of carbonyl (C=O) groups excluding carboxylic acids is 2. The van der Waals surface area contributed by atoms with E-state index in [2.05, 4.69) is 10.3 Å². The Kier molecular flexibility index (Phi) is 8.08. The van der Waals surface area contributed by atoms with Crippen LogP contribution in [0.3, 0.4) is 0 Å². The molecular weight excluding hydrogens is 408 g/mol. The minimum Gasteiger partial charge on any atom is -0.493 e. The van der Waals surface area contributed by atoms with E-state index in [1.54, 1.807) is 25.4 Å². The molecule has 1 unspecified atom stereocenters. The number of rotatable bonds is 9. The van der Waals surface area contributed by atoms with Gasteiger partial charge in [0.15, 0.2) is 11.5 Å². The number of primary amides is 1. The molecule has 0 aliphatic carbocycles. The highest BCUT2D eigenvalue weighted by atomic mass is 16.5. The van der Waals surface area contributed by atoms with E-state index in [0.29, 0.717) is 30.3 Å². The topological polar surface area (TPSA) is 107 Å². The third kappa shape index (κ3) is 6.23. The third-order valence-electron chi connectivity index (χ3n) is 5.24. The molecule has 0 spiro atoms. The third-order valence-corrected chi connectivity index (χ3v) is 5.24. The summed E-state index contributed by atoms with van der Waals surface area (Å²) >= 11 is 0. The lowest BCUT2D eigenvalue weighted by Crippen LogP contribution is -2.41. The Bertz CT molecular complexity index is 959. The Labute approximate surface area is 188 Å². The van der Waals surface area contributed by atoms with Gasteiger partial charge in [-0.05, 0) is 55.2 Å². The molecule has 1 fully saturated rings. The first-order valence-corrected chi connectivity index (χ1v) is 10.8. The van der Waals surface area contributed by atoms with Crippen molar-refractivity contribution in [3.63, 3.8) is 0 Å². The summed E-state index contributed by atoms with van der Waals surface area (Å²) < 4.78 is 11.0. The molecule has 3 N–H and O–H groups in total. The highest BCUT2D eigenvalue weighted by molar-refractivity contribution is 6.01. The maximum Gasteiger partial charge on any atom is 0.248 e. The van der Waals surface area contributed by atoms with Crippen LogP contribution >= 0.6 is 0 Å².